The predicted molar refractivity (Wildman–Crippen MR) is 109 cm³/mol. The highest BCUT2D eigenvalue weighted by molar-refractivity contribution is 5.95. The van der Waals surface area contributed by atoms with Gasteiger partial charge in [-0.05, 0) is 31.5 Å². The van der Waals surface area contributed by atoms with Crippen molar-refractivity contribution in [1.82, 2.24) is 9.78 Å². The van der Waals surface area contributed by atoms with Gasteiger partial charge < -0.3 is 14.5 Å². The van der Waals surface area contributed by atoms with Gasteiger partial charge in [-0.1, -0.05) is 12.1 Å². The largest absolute Gasteiger partial charge is 0.463 e. The van der Waals surface area contributed by atoms with Gasteiger partial charge in [-0.2, -0.15) is 5.10 Å². The molecule has 0 radical (unpaired) electrons. The highest BCUT2D eigenvalue weighted by Crippen LogP contribution is 2.47. The first-order valence-corrected chi connectivity index (χ1v) is 9.42. The van der Waals surface area contributed by atoms with Gasteiger partial charge in [0.1, 0.15) is 11.5 Å². The molecule has 9 heteroatoms. The number of anilines is 1. The van der Waals surface area contributed by atoms with Gasteiger partial charge in [0, 0.05) is 36.4 Å². The summed E-state index contributed by atoms with van der Waals surface area (Å²) in [4.78, 5) is 23.8. The molecule has 3 aromatic rings. The Bertz CT molecular complexity index is 1160. The summed E-state index contributed by atoms with van der Waals surface area (Å²) in [6, 6.07) is 9.80. The van der Waals surface area contributed by atoms with E-state index in [1.807, 2.05) is 0 Å². The number of carbonyl (C=O) groups excluding carboxylic acids is 1. The van der Waals surface area contributed by atoms with E-state index in [2.05, 4.69) is 10.4 Å². The maximum absolute atomic E-state index is 12.9. The van der Waals surface area contributed by atoms with Crippen molar-refractivity contribution < 1.29 is 18.9 Å². The Morgan fingerprint density at radius 1 is 1.37 bits per heavy atom. The molecule has 1 aliphatic heterocycles. The molecule has 4 rings (SSSR count). The van der Waals surface area contributed by atoms with Crippen molar-refractivity contribution in [2.45, 2.75) is 19.8 Å². The molecule has 0 saturated carbocycles. The van der Waals surface area contributed by atoms with E-state index in [0.29, 0.717) is 39.7 Å². The molecule has 9 nitrogen and oxygen atoms in total. The maximum Gasteiger partial charge on any atom is 0.336 e. The second kappa shape index (κ2) is 7.51. The number of furan rings is 1. The maximum atomic E-state index is 12.9. The van der Waals surface area contributed by atoms with Gasteiger partial charge in [-0.3, -0.25) is 14.8 Å². The number of ether oxygens (including phenoxy) is 1. The van der Waals surface area contributed by atoms with Crippen LogP contribution in [0.15, 0.2) is 58.3 Å². The third kappa shape index (κ3) is 3.14. The number of non-ortho nitro benzene ring substituents is 1. The Morgan fingerprint density at radius 3 is 2.83 bits per heavy atom. The van der Waals surface area contributed by atoms with Crippen molar-refractivity contribution >= 4 is 17.5 Å². The number of carbonyl (C=O) groups is 1. The van der Waals surface area contributed by atoms with Crippen LogP contribution in [-0.2, 0) is 16.6 Å². The minimum Gasteiger partial charge on any atom is -0.463 e. The molecule has 1 atom stereocenters. The number of nitrogens with zero attached hydrogens (tertiary/aromatic N) is 3. The van der Waals surface area contributed by atoms with Crippen LogP contribution in [0.1, 0.15) is 30.9 Å². The number of hydrogen-bond donors (Lipinski definition) is 1. The summed E-state index contributed by atoms with van der Waals surface area (Å²) >= 11 is 0. The van der Waals surface area contributed by atoms with Gasteiger partial charge in [0.05, 0.1) is 23.4 Å². The molecule has 1 N–H and O–H groups in total. The van der Waals surface area contributed by atoms with Crippen molar-refractivity contribution in [3.05, 3.63) is 75.2 Å². The standard InChI is InChI=1S/C21H20N4O5/c1-4-29-21(26)16-12(2)22-20-18(19(23-24(20)3)15-9-6-10-30-15)17(16)13-7-5-8-14(11-13)25(27)28/h5-11,17,22H,4H2,1-3H3. The highest BCUT2D eigenvalue weighted by atomic mass is 16.6. The smallest absolute Gasteiger partial charge is 0.336 e. The quantitative estimate of drug-likeness (QED) is 0.386. The van der Waals surface area contributed by atoms with Crippen LogP contribution in [0.3, 0.4) is 0 Å². The van der Waals surface area contributed by atoms with Crippen LogP contribution in [-0.4, -0.2) is 27.3 Å². The lowest BCUT2D eigenvalue weighted by atomic mass is 9.81. The molecule has 1 aromatic carbocycles. The third-order valence-corrected chi connectivity index (χ3v) is 5.04. The number of rotatable bonds is 5. The fraction of sp³-hybridized carbons (Fsp3) is 0.238. The van der Waals surface area contributed by atoms with Crippen molar-refractivity contribution in [3.63, 3.8) is 0 Å². The Kier molecular flexibility index (Phi) is 4.86. The van der Waals surface area contributed by atoms with E-state index in [0.717, 1.165) is 0 Å². The first-order valence-electron chi connectivity index (χ1n) is 9.42. The van der Waals surface area contributed by atoms with Gasteiger partial charge in [-0.15, -0.1) is 0 Å². The highest BCUT2D eigenvalue weighted by Gasteiger charge is 2.38. The molecular weight excluding hydrogens is 388 g/mol. The van der Waals surface area contributed by atoms with E-state index in [9.17, 15) is 14.9 Å². The van der Waals surface area contributed by atoms with Crippen LogP contribution in [0.2, 0.25) is 0 Å². The molecule has 0 spiro atoms. The van der Waals surface area contributed by atoms with Gasteiger partial charge >= 0.3 is 5.97 Å². The van der Waals surface area contributed by atoms with E-state index < -0.39 is 16.8 Å². The lowest BCUT2D eigenvalue weighted by Crippen LogP contribution is -2.25. The average Bonchev–Trinajstić information content (AvgIpc) is 3.36. The number of nitro benzene ring substituents is 1. The summed E-state index contributed by atoms with van der Waals surface area (Å²) in [6.07, 6.45) is 1.54. The Labute approximate surface area is 172 Å². The zero-order valence-electron chi connectivity index (χ0n) is 16.7. The van der Waals surface area contributed by atoms with Gasteiger partial charge in [0.2, 0.25) is 0 Å². The topological polar surface area (TPSA) is 112 Å². The summed E-state index contributed by atoms with van der Waals surface area (Å²) in [5.41, 5.74) is 2.77. The first kappa shape index (κ1) is 19.4. The summed E-state index contributed by atoms with van der Waals surface area (Å²) in [5, 5.41) is 19.2. The van der Waals surface area contributed by atoms with Crippen molar-refractivity contribution in [3.8, 4) is 11.5 Å². The summed E-state index contributed by atoms with van der Waals surface area (Å²) < 4.78 is 12.6. The SMILES string of the molecule is CCOC(=O)C1=C(C)Nc2c(c(-c3ccco3)nn2C)C1c1cccc([N+](=O)[O-])c1. The van der Waals surface area contributed by atoms with Gasteiger partial charge in [-0.25, -0.2) is 4.79 Å². The monoisotopic (exact) mass is 408 g/mol. The molecule has 154 valence electrons. The van der Waals surface area contributed by atoms with E-state index in [-0.39, 0.29) is 12.3 Å². The number of aryl methyl sites for hydroxylation is 1. The zero-order valence-corrected chi connectivity index (χ0v) is 16.7. The number of fused-ring (bicyclic) bond motifs is 1. The summed E-state index contributed by atoms with van der Waals surface area (Å²) in [7, 11) is 1.78. The summed E-state index contributed by atoms with van der Waals surface area (Å²) in [6.45, 7) is 3.72. The van der Waals surface area contributed by atoms with E-state index in [4.69, 9.17) is 9.15 Å². The number of benzene rings is 1. The number of esters is 1. The molecule has 0 aliphatic carbocycles. The molecule has 0 amide bonds. The molecule has 0 saturated heterocycles. The molecule has 1 unspecified atom stereocenters. The van der Waals surface area contributed by atoms with Crippen molar-refractivity contribution in [2.24, 2.45) is 7.05 Å². The number of allylic oxidation sites excluding steroid dienone is 1. The molecule has 2 aromatic heterocycles. The second-order valence-corrected chi connectivity index (χ2v) is 6.88. The van der Waals surface area contributed by atoms with Crippen LogP contribution in [0.25, 0.3) is 11.5 Å². The molecule has 1 aliphatic rings. The minimum atomic E-state index is -0.617. The van der Waals surface area contributed by atoms with E-state index in [1.165, 1.54) is 12.1 Å². The number of aromatic nitrogens is 2. The minimum absolute atomic E-state index is 0.0584. The third-order valence-electron chi connectivity index (χ3n) is 5.04. The van der Waals surface area contributed by atoms with Crippen LogP contribution in [0.5, 0.6) is 0 Å². The van der Waals surface area contributed by atoms with Crippen LogP contribution in [0.4, 0.5) is 11.5 Å². The van der Waals surface area contributed by atoms with Crippen LogP contribution in [0, 0.1) is 10.1 Å². The predicted octanol–water partition coefficient (Wildman–Crippen LogP) is 3.98. The normalized spacial score (nSPS) is 15.5. The Balaban J connectivity index is 1.99. The van der Waals surface area contributed by atoms with Crippen LogP contribution >= 0.6 is 0 Å². The first-order chi connectivity index (χ1) is 14.4. The van der Waals surface area contributed by atoms with E-state index in [1.54, 1.807) is 56.1 Å². The Hall–Kier alpha value is -3.88. The summed E-state index contributed by atoms with van der Waals surface area (Å²) in [5.74, 6) is 0.114. The molecule has 0 bridgehead atoms. The number of nitrogens with one attached hydrogen (secondary N) is 1. The van der Waals surface area contributed by atoms with Crippen molar-refractivity contribution in [2.75, 3.05) is 11.9 Å². The fourth-order valence-electron chi connectivity index (χ4n) is 3.79. The second-order valence-electron chi connectivity index (χ2n) is 6.88. The lowest BCUT2D eigenvalue weighted by Gasteiger charge is -2.28. The zero-order chi connectivity index (χ0) is 21.4. The van der Waals surface area contributed by atoms with Gasteiger partial charge in [0.25, 0.3) is 5.69 Å². The molecular formula is C21H20N4O5. The molecule has 3 heterocycles. The molecule has 30 heavy (non-hydrogen) atoms. The van der Waals surface area contributed by atoms with Crippen LogP contribution < -0.4 is 5.32 Å². The lowest BCUT2D eigenvalue weighted by molar-refractivity contribution is -0.384. The van der Waals surface area contributed by atoms with E-state index >= 15 is 0 Å². The Morgan fingerprint density at radius 2 is 2.17 bits per heavy atom. The van der Waals surface area contributed by atoms with Crippen molar-refractivity contribution in [1.29, 1.82) is 0 Å². The van der Waals surface area contributed by atoms with Gasteiger partial charge in [0.15, 0.2) is 5.76 Å². The number of hydrogen-bond acceptors (Lipinski definition) is 7. The fourth-order valence-corrected chi connectivity index (χ4v) is 3.79. The molecule has 0 fully saturated rings. The number of nitro groups is 1. The average molecular weight is 408 g/mol.